The number of piperidine rings is 1. The van der Waals surface area contributed by atoms with E-state index in [9.17, 15) is 9.59 Å². The zero-order chi connectivity index (χ0) is 27.7. The van der Waals surface area contributed by atoms with Gasteiger partial charge < -0.3 is 30.3 Å². The summed E-state index contributed by atoms with van der Waals surface area (Å²) < 4.78 is 10.9. The number of nitrogens with zero attached hydrogens (tertiary/aromatic N) is 1. The van der Waals surface area contributed by atoms with Crippen molar-refractivity contribution in [2.24, 2.45) is 5.92 Å². The van der Waals surface area contributed by atoms with Crippen LogP contribution in [0.25, 0.3) is 0 Å². The summed E-state index contributed by atoms with van der Waals surface area (Å²) in [4.78, 5) is 28.5. The largest absolute Gasteiger partial charge is 0.497 e. The summed E-state index contributed by atoms with van der Waals surface area (Å²) in [7, 11) is 1.58. The molecule has 8 nitrogen and oxygen atoms in total. The van der Waals surface area contributed by atoms with E-state index < -0.39 is 6.03 Å². The molecule has 3 aromatic carbocycles. The lowest BCUT2D eigenvalue weighted by Gasteiger charge is -2.35. The number of benzene rings is 3. The van der Waals surface area contributed by atoms with E-state index in [4.69, 9.17) is 9.47 Å². The van der Waals surface area contributed by atoms with Crippen LogP contribution in [0.2, 0.25) is 0 Å². The number of hydrogen-bond donors (Lipinski definition) is 3. The number of carbonyl (C=O) groups is 2. The molecule has 0 aliphatic carbocycles. The Balaban J connectivity index is 1.28. The van der Waals surface area contributed by atoms with Gasteiger partial charge in [-0.25, -0.2) is 4.79 Å². The number of urea groups is 1. The molecule has 40 heavy (non-hydrogen) atoms. The lowest BCUT2D eigenvalue weighted by Crippen LogP contribution is -2.37. The first-order valence-corrected chi connectivity index (χ1v) is 14.1. The van der Waals surface area contributed by atoms with Crippen molar-refractivity contribution in [3.63, 3.8) is 0 Å². The molecule has 2 aliphatic rings. The van der Waals surface area contributed by atoms with Crippen LogP contribution in [0.15, 0.2) is 72.8 Å². The minimum Gasteiger partial charge on any atom is -0.497 e. The van der Waals surface area contributed by atoms with E-state index in [2.05, 4.69) is 51.2 Å². The smallest absolute Gasteiger partial charge is 0.323 e. The zero-order valence-electron chi connectivity index (χ0n) is 23.0. The molecule has 8 heteroatoms. The Labute approximate surface area is 236 Å². The predicted octanol–water partition coefficient (Wildman–Crippen LogP) is 5.71. The van der Waals surface area contributed by atoms with Crippen molar-refractivity contribution in [1.82, 2.24) is 5.32 Å². The molecule has 2 aliphatic heterocycles. The first kappa shape index (κ1) is 27.5. The molecule has 0 aromatic heterocycles. The molecule has 2 fully saturated rings. The van der Waals surface area contributed by atoms with Crippen LogP contribution >= 0.6 is 0 Å². The summed E-state index contributed by atoms with van der Waals surface area (Å²) in [6.45, 7) is 2.98. The molecule has 0 radical (unpaired) electrons. The maximum Gasteiger partial charge on any atom is 0.323 e. The van der Waals surface area contributed by atoms with Gasteiger partial charge >= 0.3 is 6.03 Å². The van der Waals surface area contributed by atoms with Crippen LogP contribution in [0.3, 0.4) is 0 Å². The van der Waals surface area contributed by atoms with Crippen LogP contribution in [0, 0.1) is 5.92 Å². The van der Waals surface area contributed by atoms with Gasteiger partial charge in [-0.2, -0.15) is 0 Å². The highest BCUT2D eigenvalue weighted by Crippen LogP contribution is 2.30. The van der Waals surface area contributed by atoms with Crippen LogP contribution in [-0.2, 0) is 11.2 Å². The Bertz CT molecular complexity index is 1290. The molecule has 0 bridgehead atoms. The first-order valence-electron chi connectivity index (χ1n) is 14.1. The number of ether oxygens (including phenoxy) is 2. The van der Waals surface area contributed by atoms with E-state index in [-0.39, 0.29) is 12.0 Å². The van der Waals surface area contributed by atoms with Gasteiger partial charge in [0.1, 0.15) is 5.75 Å². The Kier molecular flexibility index (Phi) is 9.18. The molecule has 1 atom stereocenters. The lowest BCUT2D eigenvalue weighted by molar-refractivity contribution is 0.0858. The molecule has 0 spiro atoms. The molecule has 5 rings (SSSR count). The van der Waals surface area contributed by atoms with E-state index in [1.165, 1.54) is 5.56 Å². The molecule has 2 heterocycles. The monoisotopic (exact) mass is 542 g/mol. The van der Waals surface area contributed by atoms with Crippen LogP contribution in [0.4, 0.5) is 21.9 Å². The normalized spacial score (nSPS) is 17.3. The van der Waals surface area contributed by atoms with E-state index in [0.29, 0.717) is 35.2 Å². The van der Waals surface area contributed by atoms with Gasteiger partial charge in [0.15, 0.2) is 0 Å². The zero-order valence-corrected chi connectivity index (χ0v) is 23.0. The van der Waals surface area contributed by atoms with E-state index in [0.717, 1.165) is 57.5 Å². The van der Waals surface area contributed by atoms with Crippen molar-refractivity contribution < 1.29 is 19.1 Å². The molecule has 1 unspecified atom stereocenters. The second-order valence-electron chi connectivity index (χ2n) is 10.5. The maximum atomic E-state index is 13.4. The Morgan fingerprint density at radius 1 is 0.925 bits per heavy atom. The molecular weight excluding hydrogens is 504 g/mol. The molecule has 2 saturated heterocycles. The Morgan fingerprint density at radius 2 is 1.70 bits per heavy atom. The third kappa shape index (κ3) is 7.33. The van der Waals surface area contributed by atoms with Gasteiger partial charge in [-0.3, -0.25) is 4.79 Å². The number of amides is 3. The summed E-state index contributed by atoms with van der Waals surface area (Å²) in [5, 5.41) is 8.75. The highest BCUT2D eigenvalue weighted by atomic mass is 16.5. The van der Waals surface area contributed by atoms with Gasteiger partial charge in [-0.05, 0) is 73.9 Å². The minimum atomic E-state index is -0.395. The number of methoxy groups -OCH3 is 1. The SMILES string of the molecule is COc1cccc(NC(=O)Nc2ccc(N3CCC(Cc4ccccc4)CC3)c(C(=O)NCC3CCCO3)c2)c1. The number of rotatable bonds is 9. The summed E-state index contributed by atoms with van der Waals surface area (Å²) in [5.41, 5.74) is 3.98. The predicted molar refractivity (Wildman–Crippen MR) is 158 cm³/mol. The number of carbonyl (C=O) groups excluding carboxylic acids is 2. The number of hydrogen-bond acceptors (Lipinski definition) is 5. The van der Waals surface area contributed by atoms with Gasteiger partial charge in [0.2, 0.25) is 0 Å². The van der Waals surface area contributed by atoms with Gasteiger partial charge in [-0.1, -0.05) is 36.4 Å². The fraction of sp³-hybridized carbons (Fsp3) is 0.375. The van der Waals surface area contributed by atoms with E-state index in [1.54, 1.807) is 25.3 Å². The lowest BCUT2D eigenvalue weighted by atomic mass is 9.89. The first-order chi connectivity index (χ1) is 19.6. The Hall–Kier alpha value is -4.04. The number of nitrogens with one attached hydrogen (secondary N) is 3. The van der Waals surface area contributed by atoms with Crippen LogP contribution in [-0.4, -0.2) is 51.4 Å². The average molecular weight is 543 g/mol. The molecule has 3 N–H and O–H groups in total. The van der Waals surface area contributed by atoms with E-state index >= 15 is 0 Å². The minimum absolute atomic E-state index is 0.0519. The molecule has 3 amide bonds. The molecule has 3 aromatic rings. The molecule has 0 saturated carbocycles. The second kappa shape index (κ2) is 13.3. The summed E-state index contributed by atoms with van der Waals surface area (Å²) >= 11 is 0. The fourth-order valence-corrected chi connectivity index (χ4v) is 5.50. The van der Waals surface area contributed by atoms with Crippen LogP contribution < -0.4 is 25.6 Å². The Morgan fingerprint density at radius 3 is 2.42 bits per heavy atom. The van der Waals surface area contributed by atoms with Crippen molar-refractivity contribution in [1.29, 1.82) is 0 Å². The molecule has 210 valence electrons. The highest BCUT2D eigenvalue weighted by Gasteiger charge is 2.25. The standard InChI is InChI=1S/C32H38N4O4/c1-39-27-10-5-9-25(20-27)34-32(38)35-26-12-13-30(29(21-26)31(37)33-22-28-11-6-18-40-28)36-16-14-24(15-17-36)19-23-7-3-2-4-8-23/h2-5,7-10,12-13,20-21,24,28H,6,11,14-19,22H2,1H3,(H,33,37)(H2,34,35,38). The van der Waals surface area contributed by atoms with Crippen molar-refractivity contribution in [2.75, 3.05) is 48.9 Å². The van der Waals surface area contributed by atoms with Crippen molar-refractivity contribution in [3.8, 4) is 5.75 Å². The quantitative estimate of drug-likeness (QED) is 0.322. The maximum absolute atomic E-state index is 13.4. The average Bonchev–Trinajstić information content (AvgIpc) is 3.51. The summed E-state index contributed by atoms with van der Waals surface area (Å²) in [6.07, 6.45) is 5.23. The third-order valence-corrected chi connectivity index (χ3v) is 7.66. The van der Waals surface area contributed by atoms with Crippen LogP contribution in [0.5, 0.6) is 5.75 Å². The third-order valence-electron chi connectivity index (χ3n) is 7.66. The van der Waals surface area contributed by atoms with Crippen molar-refractivity contribution >= 4 is 29.0 Å². The van der Waals surface area contributed by atoms with Gasteiger partial charge in [-0.15, -0.1) is 0 Å². The molecular formula is C32H38N4O4. The van der Waals surface area contributed by atoms with E-state index in [1.807, 2.05) is 24.3 Å². The topological polar surface area (TPSA) is 91.9 Å². The van der Waals surface area contributed by atoms with Gasteiger partial charge in [0.25, 0.3) is 5.91 Å². The summed E-state index contributed by atoms with van der Waals surface area (Å²) in [6, 6.07) is 23.0. The highest BCUT2D eigenvalue weighted by molar-refractivity contribution is 6.04. The van der Waals surface area contributed by atoms with Crippen LogP contribution in [0.1, 0.15) is 41.6 Å². The van der Waals surface area contributed by atoms with Gasteiger partial charge in [0, 0.05) is 49.4 Å². The second-order valence-corrected chi connectivity index (χ2v) is 10.5. The van der Waals surface area contributed by atoms with Crippen molar-refractivity contribution in [3.05, 3.63) is 83.9 Å². The fourth-order valence-electron chi connectivity index (χ4n) is 5.50. The summed E-state index contributed by atoms with van der Waals surface area (Å²) in [5.74, 6) is 1.12. The van der Waals surface area contributed by atoms with Gasteiger partial charge in [0.05, 0.1) is 18.8 Å². The van der Waals surface area contributed by atoms with Crippen molar-refractivity contribution in [2.45, 2.75) is 38.2 Å². The number of anilines is 3.